The number of aliphatic hydroxyl groups excluding tert-OH is 1. The summed E-state index contributed by atoms with van der Waals surface area (Å²) in [6.07, 6.45) is 4.18. The van der Waals surface area contributed by atoms with Gasteiger partial charge in [-0.3, -0.25) is 9.69 Å². The number of likely N-dealkylation sites (tertiary alicyclic amines) is 1. The summed E-state index contributed by atoms with van der Waals surface area (Å²) in [6.45, 7) is 1.36. The van der Waals surface area contributed by atoms with Gasteiger partial charge in [-0.1, -0.05) is 12.8 Å². The second-order valence-corrected chi connectivity index (χ2v) is 5.49. The van der Waals surface area contributed by atoms with E-state index in [1.807, 2.05) is 7.05 Å². The number of ether oxygens (including phenoxy) is 1. The average Bonchev–Trinajstić information content (AvgIpc) is 2.97. The first kappa shape index (κ1) is 13.8. The fourth-order valence-corrected chi connectivity index (χ4v) is 2.98. The van der Waals surface area contributed by atoms with Crippen LogP contribution in [0.3, 0.4) is 0 Å². The average molecular weight is 256 g/mol. The summed E-state index contributed by atoms with van der Waals surface area (Å²) in [7, 11) is 3.60. The number of amides is 1. The van der Waals surface area contributed by atoms with Gasteiger partial charge in [-0.25, -0.2) is 0 Å². The maximum absolute atomic E-state index is 12.1. The van der Waals surface area contributed by atoms with Gasteiger partial charge in [0, 0.05) is 26.2 Å². The zero-order valence-corrected chi connectivity index (χ0v) is 11.3. The molecule has 18 heavy (non-hydrogen) atoms. The molecule has 2 atom stereocenters. The summed E-state index contributed by atoms with van der Waals surface area (Å²) in [5.74, 6) is 0.100. The molecule has 0 bridgehead atoms. The van der Waals surface area contributed by atoms with Gasteiger partial charge < -0.3 is 14.7 Å². The van der Waals surface area contributed by atoms with Gasteiger partial charge in [0.1, 0.15) is 6.10 Å². The van der Waals surface area contributed by atoms with E-state index in [-0.39, 0.29) is 12.0 Å². The number of hydrogen-bond acceptors (Lipinski definition) is 4. The lowest BCUT2D eigenvalue weighted by Gasteiger charge is -2.26. The van der Waals surface area contributed by atoms with Crippen LogP contribution in [0.1, 0.15) is 25.7 Å². The number of β-amino-alcohol motifs (C(OH)–C–C–N with tert-alkyl or cyclic N) is 1. The Morgan fingerprint density at radius 2 is 2.06 bits per heavy atom. The van der Waals surface area contributed by atoms with Crippen LogP contribution in [-0.4, -0.2) is 72.9 Å². The summed E-state index contributed by atoms with van der Waals surface area (Å²) in [5.41, 5.74) is 0. The molecule has 0 unspecified atom stereocenters. The highest BCUT2D eigenvalue weighted by Gasteiger charge is 2.34. The van der Waals surface area contributed by atoms with Crippen LogP contribution in [0, 0.1) is 0 Å². The van der Waals surface area contributed by atoms with Crippen LogP contribution in [0.15, 0.2) is 0 Å². The van der Waals surface area contributed by atoms with Crippen molar-refractivity contribution in [1.29, 1.82) is 0 Å². The van der Waals surface area contributed by atoms with Gasteiger partial charge in [-0.15, -0.1) is 0 Å². The summed E-state index contributed by atoms with van der Waals surface area (Å²) < 4.78 is 5.15. The first-order chi connectivity index (χ1) is 8.61. The van der Waals surface area contributed by atoms with E-state index in [1.54, 1.807) is 12.0 Å². The molecule has 0 radical (unpaired) electrons. The third kappa shape index (κ3) is 3.02. The lowest BCUT2D eigenvalue weighted by molar-refractivity contribution is -0.132. The number of likely N-dealkylation sites (N-methyl/N-ethyl adjacent to an activating group) is 1. The van der Waals surface area contributed by atoms with E-state index in [2.05, 4.69) is 4.90 Å². The van der Waals surface area contributed by atoms with E-state index in [9.17, 15) is 9.90 Å². The Kier molecular flexibility index (Phi) is 4.59. The van der Waals surface area contributed by atoms with Crippen molar-refractivity contribution in [2.75, 3.05) is 33.8 Å². The van der Waals surface area contributed by atoms with Crippen molar-refractivity contribution in [3.63, 3.8) is 0 Å². The molecule has 1 heterocycles. The minimum absolute atomic E-state index is 0.100. The van der Waals surface area contributed by atoms with Gasteiger partial charge in [0.05, 0.1) is 12.6 Å². The SMILES string of the molecule is CO[C@H]1CN(C(=O)CN(C)C2CCCC2)C[C@@H]1O. The number of hydrogen-bond donors (Lipinski definition) is 1. The fraction of sp³-hybridized carbons (Fsp3) is 0.923. The molecule has 0 aromatic rings. The van der Waals surface area contributed by atoms with Crippen molar-refractivity contribution in [2.45, 2.75) is 43.9 Å². The Labute approximate surface area is 109 Å². The highest BCUT2D eigenvalue weighted by molar-refractivity contribution is 5.78. The molecular formula is C13H24N2O3. The van der Waals surface area contributed by atoms with E-state index in [1.165, 1.54) is 25.7 Å². The highest BCUT2D eigenvalue weighted by Crippen LogP contribution is 2.22. The van der Waals surface area contributed by atoms with Gasteiger partial charge in [-0.05, 0) is 19.9 Å². The van der Waals surface area contributed by atoms with Crippen LogP contribution in [0.5, 0.6) is 0 Å². The molecule has 1 saturated carbocycles. The zero-order valence-electron chi connectivity index (χ0n) is 11.3. The van der Waals surface area contributed by atoms with E-state index in [0.29, 0.717) is 25.7 Å². The number of aliphatic hydroxyl groups is 1. The molecule has 5 nitrogen and oxygen atoms in total. The molecule has 1 aliphatic heterocycles. The largest absolute Gasteiger partial charge is 0.388 e. The second-order valence-electron chi connectivity index (χ2n) is 5.49. The molecule has 0 aromatic heterocycles. The van der Waals surface area contributed by atoms with Gasteiger partial charge in [0.25, 0.3) is 0 Å². The minimum atomic E-state index is -0.546. The number of nitrogens with zero attached hydrogens (tertiary/aromatic N) is 2. The topological polar surface area (TPSA) is 53.0 Å². The van der Waals surface area contributed by atoms with Crippen LogP contribution in [0.4, 0.5) is 0 Å². The number of methoxy groups -OCH3 is 1. The van der Waals surface area contributed by atoms with Crippen LogP contribution in [-0.2, 0) is 9.53 Å². The molecule has 1 aliphatic carbocycles. The zero-order chi connectivity index (χ0) is 13.1. The van der Waals surface area contributed by atoms with Gasteiger partial charge in [0.15, 0.2) is 0 Å². The van der Waals surface area contributed by atoms with Crippen LogP contribution in [0.25, 0.3) is 0 Å². The molecule has 5 heteroatoms. The lowest BCUT2D eigenvalue weighted by atomic mass is 10.2. The quantitative estimate of drug-likeness (QED) is 0.774. The fourth-order valence-electron chi connectivity index (χ4n) is 2.98. The molecule has 2 aliphatic rings. The van der Waals surface area contributed by atoms with Crippen LogP contribution in [0.2, 0.25) is 0 Å². The second kappa shape index (κ2) is 5.99. The molecule has 104 valence electrons. The predicted molar refractivity (Wildman–Crippen MR) is 68.3 cm³/mol. The first-order valence-corrected chi connectivity index (χ1v) is 6.80. The van der Waals surface area contributed by atoms with Gasteiger partial charge >= 0.3 is 0 Å². The van der Waals surface area contributed by atoms with E-state index < -0.39 is 6.10 Å². The van der Waals surface area contributed by atoms with Crippen molar-refractivity contribution < 1.29 is 14.6 Å². The Morgan fingerprint density at radius 1 is 1.39 bits per heavy atom. The summed E-state index contributed by atoms with van der Waals surface area (Å²) in [6, 6.07) is 0.555. The van der Waals surface area contributed by atoms with E-state index in [0.717, 1.165) is 0 Å². The normalized spacial score (nSPS) is 29.4. The van der Waals surface area contributed by atoms with Crippen LogP contribution < -0.4 is 0 Å². The molecule has 0 aromatic carbocycles. The number of carbonyl (C=O) groups is 1. The lowest BCUT2D eigenvalue weighted by Crippen LogP contribution is -2.41. The maximum Gasteiger partial charge on any atom is 0.236 e. The molecule has 1 saturated heterocycles. The number of rotatable bonds is 4. The molecule has 2 fully saturated rings. The highest BCUT2D eigenvalue weighted by atomic mass is 16.5. The smallest absolute Gasteiger partial charge is 0.236 e. The summed E-state index contributed by atoms with van der Waals surface area (Å²) in [4.78, 5) is 16.0. The Morgan fingerprint density at radius 3 is 2.61 bits per heavy atom. The first-order valence-electron chi connectivity index (χ1n) is 6.80. The third-order valence-electron chi connectivity index (χ3n) is 4.23. The molecule has 2 rings (SSSR count). The van der Waals surface area contributed by atoms with Crippen molar-refractivity contribution >= 4 is 5.91 Å². The molecule has 1 N–H and O–H groups in total. The number of carbonyl (C=O) groups excluding carboxylic acids is 1. The van der Waals surface area contributed by atoms with Crippen LogP contribution >= 0.6 is 0 Å². The monoisotopic (exact) mass is 256 g/mol. The predicted octanol–water partition coefficient (Wildman–Crippen LogP) is 0.0789. The van der Waals surface area contributed by atoms with Crippen molar-refractivity contribution in [3.05, 3.63) is 0 Å². The third-order valence-corrected chi connectivity index (χ3v) is 4.23. The van der Waals surface area contributed by atoms with E-state index >= 15 is 0 Å². The standard InChI is InChI=1S/C13H24N2O3/c1-14(10-5-3-4-6-10)9-13(17)15-7-11(16)12(8-15)18-2/h10-12,16H,3-9H2,1-2H3/t11-,12-/m0/s1. The summed E-state index contributed by atoms with van der Waals surface area (Å²) >= 11 is 0. The Hall–Kier alpha value is -0.650. The molecular weight excluding hydrogens is 232 g/mol. The summed E-state index contributed by atoms with van der Waals surface area (Å²) in [5, 5.41) is 9.72. The van der Waals surface area contributed by atoms with E-state index in [4.69, 9.17) is 4.74 Å². The Balaban J connectivity index is 1.81. The molecule has 0 spiro atoms. The maximum atomic E-state index is 12.1. The Bertz CT molecular complexity index is 292. The van der Waals surface area contributed by atoms with Gasteiger partial charge in [-0.2, -0.15) is 0 Å². The van der Waals surface area contributed by atoms with Crippen molar-refractivity contribution in [1.82, 2.24) is 9.80 Å². The minimum Gasteiger partial charge on any atom is -0.388 e. The van der Waals surface area contributed by atoms with Crippen molar-refractivity contribution in [3.8, 4) is 0 Å². The van der Waals surface area contributed by atoms with Gasteiger partial charge in [0.2, 0.25) is 5.91 Å². The molecule has 1 amide bonds. The van der Waals surface area contributed by atoms with Crippen molar-refractivity contribution in [2.24, 2.45) is 0 Å².